The molecule has 0 aliphatic carbocycles. The molecule has 3 heteroatoms. The minimum absolute atomic E-state index is 0.344. The summed E-state index contributed by atoms with van der Waals surface area (Å²) in [5.41, 5.74) is 1.37. The minimum atomic E-state index is -0.344. The molecule has 2 aliphatic rings. The molecule has 0 radical (unpaired) electrons. The maximum absolute atomic E-state index is 5.84. The fraction of sp³-hybridized carbons (Fsp3) is 1.00. The molecule has 0 aromatic heterocycles. The number of fused-ring (bicyclic) bond motifs is 1. The molecule has 70 valence electrons. The Labute approximate surface area is 75.8 Å². The predicted molar refractivity (Wildman–Crippen MR) is 51.1 cm³/mol. The average Bonchev–Trinajstić information content (AvgIpc) is 2.34. The number of ether oxygens (including phenoxy) is 2. The second-order valence-electron chi connectivity index (χ2n) is 4.31. The van der Waals surface area contributed by atoms with E-state index in [4.69, 9.17) is 9.47 Å². The van der Waals surface area contributed by atoms with Crippen LogP contribution in [0, 0.1) is 0 Å². The number of hydrogen-bond donors (Lipinski definition) is 0. The van der Waals surface area contributed by atoms with Crippen LogP contribution in [0.4, 0.5) is 0 Å². The second-order valence-corrected chi connectivity index (χ2v) is 6.46. The molecule has 2 heterocycles. The molecular formula is C9H17O2P. The van der Waals surface area contributed by atoms with Crippen molar-refractivity contribution in [1.82, 2.24) is 0 Å². The zero-order valence-corrected chi connectivity index (χ0v) is 9.13. The van der Waals surface area contributed by atoms with Crippen molar-refractivity contribution in [3.05, 3.63) is 0 Å². The van der Waals surface area contributed by atoms with Gasteiger partial charge in [0.1, 0.15) is 0 Å². The van der Waals surface area contributed by atoms with Gasteiger partial charge in [-0.2, -0.15) is 0 Å². The van der Waals surface area contributed by atoms with Crippen molar-refractivity contribution in [2.75, 3.05) is 0 Å². The molecule has 0 aromatic rings. The Kier molecular flexibility index (Phi) is 1.98. The lowest BCUT2D eigenvalue weighted by molar-refractivity contribution is -0.147. The van der Waals surface area contributed by atoms with Crippen LogP contribution in [0.15, 0.2) is 0 Å². The van der Waals surface area contributed by atoms with Crippen molar-refractivity contribution in [2.24, 2.45) is 0 Å². The fourth-order valence-corrected chi connectivity index (χ4v) is 3.92. The van der Waals surface area contributed by atoms with E-state index in [1.54, 1.807) is 0 Å². The molecule has 4 atom stereocenters. The van der Waals surface area contributed by atoms with Crippen LogP contribution in [0.3, 0.4) is 0 Å². The molecule has 0 N–H and O–H groups in total. The predicted octanol–water partition coefficient (Wildman–Crippen LogP) is 1.98. The van der Waals surface area contributed by atoms with Crippen molar-refractivity contribution < 1.29 is 9.47 Å². The summed E-state index contributed by atoms with van der Waals surface area (Å²) in [7, 11) is 1.00. The highest BCUT2D eigenvalue weighted by atomic mass is 31.1. The summed E-state index contributed by atoms with van der Waals surface area (Å²) in [5.74, 6) is -0.344. The molecule has 0 saturated carbocycles. The van der Waals surface area contributed by atoms with Gasteiger partial charge in [-0.25, -0.2) is 0 Å². The van der Waals surface area contributed by atoms with Crippen LogP contribution in [0.1, 0.15) is 27.7 Å². The van der Waals surface area contributed by atoms with Crippen LogP contribution in [-0.4, -0.2) is 29.3 Å². The van der Waals surface area contributed by atoms with Crippen molar-refractivity contribution in [3.8, 4) is 0 Å². The second kappa shape index (κ2) is 2.67. The summed E-state index contributed by atoms with van der Waals surface area (Å²) in [5, 5.41) is 0. The smallest absolute Gasteiger partial charge is 0.163 e. The average molecular weight is 188 g/mol. The first-order valence-corrected chi connectivity index (χ1v) is 5.77. The molecule has 2 saturated heterocycles. The van der Waals surface area contributed by atoms with Crippen LogP contribution < -0.4 is 0 Å². The standard InChI is InChI=1S/C9H17O2P/c1-5-7-8(6(2)12-5)11-9(3,4)10-7/h5-8,12H,1-4H3/t5-,6-,7+,8+/m0/s1. The normalized spacial score (nSPS) is 53.0. The van der Waals surface area contributed by atoms with E-state index < -0.39 is 0 Å². The molecule has 0 amide bonds. The first-order valence-electron chi connectivity index (χ1n) is 4.61. The third-order valence-electron chi connectivity index (χ3n) is 2.67. The van der Waals surface area contributed by atoms with E-state index in [-0.39, 0.29) is 5.79 Å². The third kappa shape index (κ3) is 1.30. The van der Waals surface area contributed by atoms with E-state index in [1.807, 2.05) is 13.8 Å². The van der Waals surface area contributed by atoms with Crippen LogP contribution in [-0.2, 0) is 9.47 Å². The van der Waals surface area contributed by atoms with E-state index in [1.165, 1.54) is 0 Å². The fourth-order valence-electron chi connectivity index (χ4n) is 2.19. The van der Waals surface area contributed by atoms with E-state index in [0.29, 0.717) is 23.5 Å². The number of hydrogen-bond acceptors (Lipinski definition) is 2. The molecule has 2 aliphatic heterocycles. The van der Waals surface area contributed by atoms with Gasteiger partial charge >= 0.3 is 0 Å². The molecule has 2 fully saturated rings. The maximum Gasteiger partial charge on any atom is 0.163 e. The first-order chi connectivity index (χ1) is 5.49. The van der Waals surface area contributed by atoms with Crippen molar-refractivity contribution in [3.63, 3.8) is 0 Å². The molecule has 0 spiro atoms. The Bertz CT molecular complexity index is 175. The summed E-state index contributed by atoms with van der Waals surface area (Å²) in [6.07, 6.45) is 0.710. The van der Waals surface area contributed by atoms with Gasteiger partial charge in [0.2, 0.25) is 0 Å². The highest BCUT2D eigenvalue weighted by Gasteiger charge is 2.50. The maximum atomic E-state index is 5.84. The van der Waals surface area contributed by atoms with Crippen LogP contribution in [0.25, 0.3) is 0 Å². The lowest BCUT2D eigenvalue weighted by Crippen LogP contribution is -2.27. The third-order valence-corrected chi connectivity index (χ3v) is 4.38. The summed E-state index contributed by atoms with van der Waals surface area (Å²) < 4.78 is 11.7. The van der Waals surface area contributed by atoms with E-state index in [0.717, 1.165) is 8.58 Å². The van der Waals surface area contributed by atoms with Gasteiger partial charge in [0.25, 0.3) is 0 Å². The molecule has 0 aromatic carbocycles. The van der Waals surface area contributed by atoms with Gasteiger partial charge in [-0.3, -0.25) is 0 Å². The SMILES string of the molecule is C[C@@H]1P[C@@H](C)[C@H]2OC(C)(C)O[C@@H]21. The molecular weight excluding hydrogens is 171 g/mol. The lowest BCUT2D eigenvalue weighted by Gasteiger charge is -2.21. The van der Waals surface area contributed by atoms with Gasteiger partial charge in [0.15, 0.2) is 5.79 Å². The summed E-state index contributed by atoms with van der Waals surface area (Å²) in [4.78, 5) is 0. The van der Waals surface area contributed by atoms with Crippen molar-refractivity contribution >= 4 is 8.58 Å². The van der Waals surface area contributed by atoms with Gasteiger partial charge in [-0.15, -0.1) is 8.58 Å². The van der Waals surface area contributed by atoms with Crippen molar-refractivity contribution in [2.45, 2.75) is 57.0 Å². The summed E-state index contributed by atoms with van der Waals surface area (Å²) >= 11 is 0. The van der Waals surface area contributed by atoms with Crippen LogP contribution in [0.2, 0.25) is 0 Å². The first kappa shape index (κ1) is 8.93. The highest BCUT2D eigenvalue weighted by Crippen LogP contribution is 2.48. The highest BCUT2D eigenvalue weighted by molar-refractivity contribution is 7.40. The summed E-state index contributed by atoms with van der Waals surface area (Å²) in [6, 6.07) is 0. The topological polar surface area (TPSA) is 18.5 Å². The van der Waals surface area contributed by atoms with Crippen LogP contribution >= 0.6 is 8.58 Å². The Balaban J connectivity index is 2.15. The van der Waals surface area contributed by atoms with E-state index >= 15 is 0 Å². The zero-order chi connectivity index (χ0) is 8.93. The number of rotatable bonds is 0. The van der Waals surface area contributed by atoms with Gasteiger partial charge in [-0.05, 0) is 13.8 Å². The van der Waals surface area contributed by atoms with Crippen LogP contribution in [0.5, 0.6) is 0 Å². The van der Waals surface area contributed by atoms with E-state index in [2.05, 4.69) is 13.8 Å². The zero-order valence-electron chi connectivity index (χ0n) is 8.13. The van der Waals surface area contributed by atoms with Gasteiger partial charge < -0.3 is 9.47 Å². The monoisotopic (exact) mass is 188 g/mol. The molecule has 0 bridgehead atoms. The Hall–Kier alpha value is 0.350. The molecule has 2 nitrogen and oxygen atoms in total. The summed E-state index contributed by atoms with van der Waals surface area (Å²) in [6.45, 7) is 8.55. The van der Waals surface area contributed by atoms with Gasteiger partial charge in [0, 0.05) is 11.3 Å². The van der Waals surface area contributed by atoms with Gasteiger partial charge in [-0.1, -0.05) is 13.8 Å². The Morgan fingerprint density at radius 1 is 1.00 bits per heavy atom. The lowest BCUT2D eigenvalue weighted by atomic mass is 10.1. The van der Waals surface area contributed by atoms with Gasteiger partial charge in [0.05, 0.1) is 12.2 Å². The quantitative estimate of drug-likeness (QED) is 0.541. The molecule has 12 heavy (non-hydrogen) atoms. The minimum Gasteiger partial charge on any atom is -0.344 e. The Morgan fingerprint density at radius 3 is 1.83 bits per heavy atom. The van der Waals surface area contributed by atoms with Crippen molar-refractivity contribution in [1.29, 1.82) is 0 Å². The molecule has 0 unspecified atom stereocenters. The Morgan fingerprint density at radius 2 is 1.42 bits per heavy atom. The largest absolute Gasteiger partial charge is 0.344 e. The van der Waals surface area contributed by atoms with E-state index in [9.17, 15) is 0 Å². The molecule has 2 rings (SSSR count).